The predicted molar refractivity (Wildman–Crippen MR) is 109 cm³/mol. The van der Waals surface area contributed by atoms with Gasteiger partial charge in [0.1, 0.15) is 6.54 Å². The number of para-hydroxylation sites is 1. The van der Waals surface area contributed by atoms with Crippen LogP contribution in [-0.4, -0.2) is 36.1 Å². The lowest BCUT2D eigenvalue weighted by Crippen LogP contribution is -2.23. The van der Waals surface area contributed by atoms with Crippen molar-refractivity contribution in [3.63, 3.8) is 0 Å². The molecule has 150 valence electrons. The van der Waals surface area contributed by atoms with Crippen molar-refractivity contribution in [1.82, 2.24) is 4.57 Å². The zero-order valence-corrected chi connectivity index (χ0v) is 16.5. The van der Waals surface area contributed by atoms with E-state index < -0.39 is 24.5 Å². The third kappa shape index (κ3) is 4.63. The van der Waals surface area contributed by atoms with Crippen LogP contribution in [0.25, 0.3) is 10.9 Å². The minimum Gasteiger partial charge on any atom is -0.465 e. The van der Waals surface area contributed by atoms with E-state index in [0.29, 0.717) is 22.2 Å². The van der Waals surface area contributed by atoms with E-state index in [2.05, 4.69) is 5.32 Å². The molecule has 0 aliphatic carbocycles. The average Bonchev–Trinajstić information content (AvgIpc) is 3.07. The molecule has 29 heavy (non-hydrogen) atoms. The third-order valence-corrected chi connectivity index (χ3v) is 4.52. The molecular weight excluding hydrogens is 372 g/mol. The van der Waals surface area contributed by atoms with Crippen molar-refractivity contribution >= 4 is 34.4 Å². The fourth-order valence-corrected chi connectivity index (χ4v) is 3.04. The summed E-state index contributed by atoms with van der Waals surface area (Å²) in [4.78, 5) is 36.3. The van der Waals surface area contributed by atoms with Gasteiger partial charge < -0.3 is 19.4 Å². The molecule has 1 heterocycles. The molecule has 7 heteroatoms. The number of rotatable bonds is 6. The number of hydrogen-bond donors (Lipinski definition) is 1. The van der Waals surface area contributed by atoms with E-state index in [-0.39, 0.29) is 6.54 Å². The van der Waals surface area contributed by atoms with E-state index in [0.717, 1.165) is 11.1 Å². The van der Waals surface area contributed by atoms with Crippen molar-refractivity contribution in [3.8, 4) is 0 Å². The van der Waals surface area contributed by atoms with E-state index in [1.807, 2.05) is 38.1 Å². The van der Waals surface area contributed by atoms with Crippen molar-refractivity contribution in [2.75, 3.05) is 19.0 Å². The standard InChI is InChI=1S/C22H22N2O5/c1-14-8-9-15(2)18(10-14)23-20(25)13-29-21(26)12-24-11-17(22(27)28-3)16-6-4-5-7-19(16)24/h4-11H,12-13H2,1-3H3,(H,23,25). The molecule has 0 radical (unpaired) electrons. The van der Waals surface area contributed by atoms with Gasteiger partial charge in [0.05, 0.1) is 12.7 Å². The van der Waals surface area contributed by atoms with Gasteiger partial charge in [-0.1, -0.05) is 30.3 Å². The average molecular weight is 394 g/mol. The fourth-order valence-electron chi connectivity index (χ4n) is 3.04. The highest BCUT2D eigenvalue weighted by molar-refractivity contribution is 6.04. The first-order valence-electron chi connectivity index (χ1n) is 9.08. The smallest absolute Gasteiger partial charge is 0.340 e. The molecule has 0 bridgehead atoms. The van der Waals surface area contributed by atoms with Crippen LogP contribution in [0.15, 0.2) is 48.7 Å². The number of fused-ring (bicyclic) bond motifs is 1. The fraction of sp³-hybridized carbons (Fsp3) is 0.227. The van der Waals surface area contributed by atoms with Crippen LogP contribution in [-0.2, 0) is 25.6 Å². The van der Waals surface area contributed by atoms with Crippen LogP contribution in [0.3, 0.4) is 0 Å². The summed E-state index contributed by atoms with van der Waals surface area (Å²) in [6, 6.07) is 12.9. The molecule has 0 atom stereocenters. The topological polar surface area (TPSA) is 86.6 Å². The van der Waals surface area contributed by atoms with E-state index in [1.165, 1.54) is 7.11 Å². The largest absolute Gasteiger partial charge is 0.465 e. The van der Waals surface area contributed by atoms with Crippen molar-refractivity contribution in [1.29, 1.82) is 0 Å². The zero-order valence-electron chi connectivity index (χ0n) is 16.5. The maximum absolute atomic E-state index is 12.2. The number of amides is 1. The number of aromatic nitrogens is 1. The number of nitrogens with one attached hydrogen (secondary N) is 1. The number of nitrogens with zero attached hydrogens (tertiary/aromatic N) is 1. The Labute approximate surface area is 168 Å². The molecule has 1 aromatic heterocycles. The molecule has 7 nitrogen and oxygen atoms in total. The Kier molecular flexibility index (Phi) is 5.97. The molecule has 0 spiro atoms. The summed E-state index contributed by atoms with van der Waals surface area (Å²) in [6.45, 7) is 3.29. The second kappa shape index (κ2) is 8.60. The van der Waals surface area contributed by atoms with Gasteiger partial charge in [0, 0.05) is 22.8 Å². The van der Waals surface area contributed by atoms with Gasteiger partial charge in [-0.3, -0.25) is 9.59 Å². The maximum Gasteiger partial charge on any atom is 0.340 e. The Morgan fingerprint density at radius 2 is 1.83 bits per heavy atom. The van der Waals surface area contributed by atoms with Crippen LogP contribution in [0.2, 0.25) is 0 Å². The first-order valence-corrected chi connectivity index (χ1v) is 9.08. The number of benzene rings is 2. The molecule has 3 rings (SSSR count). The van der Waals surface area contributed by atoms with Crippen LogP contribution < -0.4 is 5.32 Å². The lowest BCUT2D eigenvalue weighted by atomic mass is 10.1. The minimum absolute atomic E-state index is 0.131. The lowest BCUT2D eigenvalue weighted by Gasteiger charge is -2.10. The highest BCUT2D eigenvalue weighted by Crippen LogP contribution is 2.22. The van der Waals surface area contributed by atoms with Gasteiger partial charge in [0.25, 0.3) is 5.91 Å². The first kappa shape index (κ1) is 20.1. The van der Waals surface area contributed by atoms with Crippen LogP contribution in [0.1, 0.15) is 21.5 Å². The molecule has 0 saturated carbocycles. The second-order valence-corrected chi connectivity index (χ2v) is 6.71. The monoisotopic (exact) mass is 394 g/mol. The minimum atomic E-state index is -0.585. The van der Waals surface area contributed by atoms with Gasteiger partial charge in [-0.2, -0.15) is 0 Å². The number of aryl methyl sites for hydroxylation is 2. The van der Waals surface area contributed by atoms with E-state index in [1.54, 1.807) is 29.0 Å². The van der Waals surface area contributed by atoms with Crippen molar-refractivity contribution < 1.29 is 23.9 Å². The number of carbonyl (C=O) groups is 3. The van der Waals surface area contributed by atoms with Gasteiger partial charge in [-0.25, -0.2) is 4.79 Å². The Morgan fingerprint density at radius 3 is 2.59 bits per heavy atom. The van der Waals surface area contributed by atoms with Crippen molar-refractivity contribution in [2.45, 2.75) is 20.4 Å². The number of methoxy groups -OCH3 is 1. The summed E-state index contributed by atoms with van der Waals surface area (Å²) < 4.78 is 11.5. The molecule has 2 aromatic carbocycles. The Bertz CT molecular complexity index is 1080. The number of hydrogen-bond acceptors (Lipinski definition) is 5. The Balaban J connectivity index is 1.64. The maximum atomic E-state index is 12.2. The van der Waals surface area contributed by atoms with Crippen LogP contribution >= 0.6 is 0 Å². The summed E-state index contributed by atoms with van der Waals surface area (Å²) in [5.41, 5.74) is 3.69. The molecule has 1 amide bonds. The van der Waals surface area contributed by atoms with Gasteiger partial charge >= 0.3 is 11.9 Å². The molecule has 0 aliphatic rings. The molecule has 1 N–H and O–H groups in total. The predicted octanol–water partition coefficient (Wildman–Crippen LogP) is 3.23. The molecule has 0 saturated heterocycles. The third-order valence-electron chi connectivity index (χ3n) is 4.52. The van der Waals surface area contributed by atoms with Crippen molar-refractivity contribution in [2.24, 2.45) is 0 Å². The van der Waals surface area contributed by atoms with E-state index in [4.69, 9.17) is 9.47 Å². The first-order chi connectivity index (χ1) is 13.9. The van der Waals surface area contributed by atoms with Crippen molar-refractivity contribution in [3.05, 3.63) is 65.4 Å². The number of carbonyl (C=O) groups excluding carboxylic acids is 3. The van der Waals surface area contributed by atoms with Gasteiger partial charge in [0.15, 0.2) is 6.61 Å². The Hall–Kier alpha value is -3.61. The molecular formula is C22H22N2O5. The SMILES string of the molecule is COC(=O)c1cn(CC(=O)OCC(=O)Nc2cc(C)ccc2C)c2ccccc12. The van der Waals surface area contributed by atoms with E-state index in [9.17, 15) is 14.4 Å². The summed E-state index contributed by atoms with van der Waals surface area (Å²) in [7, 11) is 1.30. The Morgan fingerprint density at radius 1 is 1.07 bits per heavy atom. The molecule has 0 aliphatic heterocycles. The summed E-state index contributed by atoms with van der Waals surface area (Å²) in [6.07, 6.45) is 1.55. The number of esters is 2. The summed E-state index contributed by atoms with van der Waals surface area (Å²) >= 11 is 0. The second-order valence-electron chi connectivity index (χ2n) is 6.71. The quantitative estimate of drug-likeness (QED) is 0.649. The van der Waals surface area contributed by atoms with Crippen LogP contribution in [0.4, 0.5) is 5.69 Å². The number of anilines is 1. The zero-order chi connectivity index (χ0) is 21.0. The molecule has 0 fully saturated rings. The molecule has 0 unspecified atom stereocenters. The summed E-state index contributed by atoms with van der Waals surface area (Å²) in [5.74, 6) is -1.49. The lowest BCUT2D eigenvalue weighted by molar-refractivity contribution is -0.147. The van der Waals surface area contributed by atoms with Crippen LogP contribution in [0.5, 0.6) is 0 Å². The van der Waals surface area contributed by atoms with Gasteiger partial charge in [-0.05, 0) is 37.1 Å². The number of ether oxygens (including phenoxy) is 2. The summed E-state index contributed by atoms with van der Waals surface area (Å²) in [5, 5.41) is 3.42. The normalized spacial score (nSPS) is 10.6. The highest BCUT2D eigenvalue weighted by atomic mass is 16.5. The van der Waals surface area contributed by atoms with Gasteiger partial charge in [0.2, 0.25) is 0 Å². The van der Waals surface area contributed by atoms with Crippen LogP contribution in [0, 0.1) is 13.8 Å². The highest BCUT2D eigenvalue weighted by Gasteiger charge is 2.17. The van der Waals surface area contributed by atoms with Gasteiger partial charge in [-0.15, -0.1) is 0 Å². The van der Waals surface area contributed by atoms with E-state index >= 15 is 0 Å². The molecule has 3 aromatic rings.